The Balaban J connectivity index is 2.05. The largest absolute Gasteiger partial charge is 0.497 e. The van der Waals surface area contributed by atoms with Gasteiger partial charge in [0.25, 0.3) is 0 Å². The van der Waals surface area contributed by atoms with Crippen molar-refractivity contribution in [2.24, 2.45) is 0 Å². The summed E-state index contributed by atoms with van der Waals surface area (Å²) in [5, 5.41) is 2.68. The fourth-order valence-electron chi connectivity index (χ4n) is 2.12. The fourth-order valence-corrected chi connectivity index (χ4v) is 3.12. The molecule has 25 heavy (non-hydrogen) atoms. The van der Waals surface area contributed by atoms with Crippen LogP contribution < -0.4 is 10.1 Å². The molecule has 2 aromatic rings. The molecule has 0 aliphatic carbocycles. The molecule has 2 rings (SSSR count). The van der Waals surface area contributed by atoms with E-state index in [-0.39, 0.29) is 13.1 Å². The summed E-state index contributed by atoms with van der Waals surface area (Å²) in [4.78, 5) is 12.2. The van der Waals surface area contributed by atoms with Gasteiger partial charge in [-0.1, -0.05) is 28.1 Å². The fraction of sp³-hybridized carbons (Fsp3) is 0.235. The summed E-state index contributed by atoms with van der Waals surface area (Å²) in [7, 11) is -1.98. The third-order valence-corrected chi connectivity index (χ3v) is 5.16. The second-order valence-electron chi connectivity index (χ2n) is 5.43. The van der Waals surface area contributed by atoms with Gasteiger partial charge in [0, 0.05) is 16.7 Å². The average molecular weight is 427 g/mol. The summed E-state index contributed by atoms with van der Waals surface area (Å²) in [6, 6.07) is 14.1. The smallest absolute Gasteiger partial charge is 0.239 e. The van der Waals surface area contributed by atoms with Crippen LogP contribution in [0.5, 0.6) is 5.75 Å². The van der Waals surface area contributed by atoms with Gasteiger partial charge >= 0.3 is 0 Å². The molecule has 0 fully saturated rings. The number of hydrogen-bond donors (Lipinski definition) is 1. The van der Waals surface area contributed by atoms with Crippen molar-refractivity contribution in [2.75, 3.05) is 25.2 Å². The van der Waals surface area contributed by atoms with E-state index < -0.39 is 15.9 Å². The number of carbonyl (C=O) groups is 1. The van der Waals surface area contributed by atoms with Gasteiger partial charge in [-0.25, -0.2) is 8.42 Å². The molecule has 6 nitrogen and oxygen atoms in total. The highest BCUT2D eigenvalue weighted by atomic mass is 79.9. The number of anilines is 1. The molecule has 0 saturated carbocycles. The van der Waals surface area contributed by atoms with Crippen LogP contribution in [0.1, 0.15) is 5.56 Å². The summed E-state index contributed by atoms with van der Waals surface area (Å²) < 4.78 is 31.1. The first-order valence-electron chi connectivity index (χ1n) is 7.41. The molecule has 0 unspecified atom stereocenters. The summed E-state index contributed by atoms with van der Waals surface area (Å²) in [5.41, 5.74) is 1.37. The number of nitrogens with one attached hydrogen (secondary N) is 1. The van der Waals surface area contributed by atoms with Crippen LogP contribution in [0.3, 0.4) is 0 Å². The number of nitrogens with zero attached hydrogens (tertiary/aromatic N) is 1. The molecule has 0 radical (unpaired) electrons. The zero-order valence-corrected chi connectivity index (χ0v) is 16.3. The maximum Gasteiger partial charge on any atom is 0.239 e. The first-order chi connectivity index (χ1) is 11.8. The van der Waals surface area contributed by atoms with Crippen LogP contribution in [0.15, 0.2) is 53.0 Å². The van der Waals surface area contributed by atoms with E-state index >= 15 is 0 Å². The number of amides is 1. The first-order valence-corrected chi connectivity index (χ1v) is 10.1. The molecule has 0 heterocycles. The number of hydrogen-bond acceptors (Lipinski definition) is 4. The lowest BCUT2D eigenvalue weighted by Crippen LogP contribution is -2.36. The zero-order chi connectivity index (χ0) is 18.4. The third kappa shape index (κ3) is 6.15. The molecular formula is C17H19BrN2O4S. The molecule has 0 aromatic heterocycles. The van der Waals surface area contributed by atoms with Crippen LogP contribution in [0.25, 0.3) is 0 Å². The third-order valence-electron chi connectivity index (χ3n) is 3.43. The number of ether oxygens (including phenoxy) is 1. The van der Waals surface area contributed by atoms with Gasteiger partial charge in [-0.3, -0.25) is 4.79 Å². The second-order valence-corrected chi connectivity index (χ2v) is 8.33. The Labute approximate surface area is 156 Å². The Bertz CT molecular complexity index is 821. The monoisotopic (exact) mass is 426 g/mol. The normalized spacial score (nSPS) is 11.4. The number of benzene rings is 2. The minimum Gasteiger partial charge on any atom is -0.497 e. The molecular weight excluding hydrogens is 408 g/mol. The van der Waals surface area contributed by atoms with Gasteiger partial charge in [0.1, 0.15) is 5.75 Å². The minimum absolute atomic E-state index is 0.127. The highest BCUT2D eigenvalue weighted by molar-refractivity contribution is 9.10. The first kappa shape index (κ1) is 19.4. The lowest BCUT2D eigenvalue weighted by Gasteiger charge is -2.19. The molecule has 0 spiro atoms. The molecule has 134 valence electrons. The van der Waals surface area contributed by atoms with E-state index in [0.717, 1.165) is 20.6 Å². The Morgan fingerprint density at radius 3 is 2.24 bits per heavy atom. The number of halogens is 1. The van der Waals surface area contributed by atoms with Gasteiger partial charge in [-0.2, -0.15) is 4.31 Å². The Morgan fingerprint density at radius 2 is 1.72 bits per heavy atom. The predicted octanol–water partition coefficient (Wildman–Crippen LogP) is 2.86. The lowest BCUT2D eigenvalue weighted by atomic mass is 10.2. The molecule has 0 bridgehead atoms. The number of sulfonamides is 1. The number of methoxy groups -OCH3 is 1. The predicted molar refractivity (Wildman–Crippen MR) is 101 cm³/mol. The lowest BCUT2D eigenvalue weighted by molar-refractivity contribution is -0.116. The van der Waals surface area contributed by atoms with Crippen LogP contribution in [-0.2, 0) is 21.4 Å². The molecule has 0 saturated heterocycles. The van der Waals surface area contributed by atoms with Crippen LogP contribution in [0.2, 0.25) is 0 Å². The van der Waals surface area contributed by atoms with Gasteiger partial charge in [0.15, 0.2) is 0 Å². The molecule has 1 N–H and O–H groups in total. The molecule has 0 atom stereocenters. The van der Waals surface area contributed by atoms with Crippen molar-refractivity contribution in [3.8, 4) is 5.75 Å². The zero-order valence-electron chi connectivity index (χ0n) is 13.9. The van der Waals surface area contributed by atoms with Crippen molar-refractivity contribution in [3.05, 3.63) is 58.6 Å². The van der Waals surface area contributed by atoms with Crippen molar-refractivity contribution in [2.45, 2.75) is 6.54 Å². The van der Waals surface area contributed by atoms with E-state index in [1.807, 2.05) is 24.3 Å². The molecule has 8 heteroatoms. The summed E-state index contributed by atoms with van der Waals surface area (Å²) in [6.07, 6.45) is 1.09. The maximum absolute atomic E-state index is 12.2. The van der Waals surface area contributed by atoms with Crippen LogP contribution >= 0.6 is 15.9 Å². The summed E-state index contributed by atoms with van der Waals surface area (Å²) in [6.45, 7) is -0.136. The van der Waals surface area contributed by atoms with E-state index in [1.54, 1.807) is 31.4 Å². The Hall–Kier alpha value is -1.90. The average Bonchev–Trinajstić information content (AvgIpc) is 2.56. The van der Waals surface area contributed by atoms with Gasteiger partial charge in [0.2, 0.25) is 15.9 Å². The minimum atomic E-state index is -3.53. The van der Waals surface area contributed by atoms with Crippen molar-refractivity contribution in [3.63, 3.8) is 0 Å². The molecule has 1 amide bonds. The van der Waals surface area contributed by atoms with E-state index in [1.165, 1.54) is 0 Å². The quantitative estimate of drug-likeness (QED) is 0.738. The van der Waals surface area contributed by atoms with Crippen LogP contribution in [0, 0.1) is 0 Å². The van der Waals surface area contributed by atoms with E-state index in [0.29, 0.717) is 11.4 Å². The van der Waals surface area contributed by atoms with Crippen LogP contribution in [-0.4, -0.2) is 38.5 Å². The van der Waals surface area contributed by atoms with Crippen LogP contribution in [0.4, 0.5) is 5.69 Å². The van der Waals surface area contributed by atoms with Crippen molar-refractivity contribution >= 4 is 37.5 Å². The van der Waals surface area contributed by atoms with Gasteiger partial charge in [-0.05, 0) is 42.0 Å². The standard InChI is InChI=1S/C17H19BrN2O4S/c1-24-16-9-7-15(8-10-16)19-17(21)12-20(25(2,22)23)11-13-3-5-14(18)6-4-13/h3-10H,11-12H2,1-2H3,(H,19,21). The van der Waals surface area contributed by atoms with Crippen molar-refractivity contribution in [1.82, 2.24) is 4.31 Å². The van der Waals surface area contributed by atoms with Gasteiger partial charge in [-0.15, -0.1) is 0 Å². The second kappa shape index (κ2) is 8.46. The molecule has 0 aliphatic heterocycles. The van der Waals surface area contributed by atoms with E-state index in [4.69, 9.17) is 4.74 Å². The number of carbonyl (C=O) groups excluding carboxylic acids is 1. The summed E-state index contributed by atoms with van der Waals surface area (Å²) >= 11 is 3.33. The topological polar surface area (TPSA) is 75.7 Å². The molecule has 0 aliphatic rings. The maximum atomic E-state index is 12.2. The van der Waals surface area contributed by atoms with Crippen molar-refractivity contribution < 1.29 is 17.9 Å². The van der Waals surface area contributed by atoms with E-state index in [2.05, 4.69) is 21.2 Å². The summed E-state index contributed by atoms with van der Waals surface area (Å²) in [5.74, 6) is 0.263. The highest BCUT2D eigenvalue weighted by Gasteiger charge is 2.20. The number of rotatable bonds is 7. The van der Waals surface area contributed by atoms with Gasteiger partial charge < -0.3 is 10.1 Å². The molecule has 2 aromatic carbocycles. The van der Waals surface area contributed by atoms with E-state index in [9.17, 15) is 13.2 Å². The Morgan fingerprint density at radius 1 is 1.12 bits per heavy atom. The Kier molecular flexibility index (Phi) is 6.57. The highest BCUT2D eigenvalue weighted by Crippen LogP contribution is 2.16. The van der Waals surface area contributed by atoms with Gasteiger partial charge in [0.05, 0.1) is 19.9 Å². The SMILES string of the molecule is COc1ccc(NC(=O)CN(Cc2ccc(Br)cc2)S(C)(=O)=O)cc1. The van der Waals surface area contributed by atoms with Crippen molar-refractivity contribution in [1.29, 1.82) is 0 Å².